The molecule has 1 amide bonds. The molecule has 0 spiro atoms. The average Bonchev–Trinajstić information content (AvgIpc) is 2.60. The lowest BCUT2D eigenvalue weighted by atomic mass is 9.90. The number of amides is 1. The van der Waals surface area contributed by atoms with E-state index in [1.807, 2.05) is 60.7 Å². The van der Waals surface area contributed by atoms with Crippen LogP contribution in [0.2, 0.25) is 0 Å². The molecule has 132 valence electrons. The van der Waals surface area contributed by atoms with Gasteiger partial charge >= 0.3 is 0 Å². The van der Waals surface area contributed by atoms with Crippen molar-refractivity contribution >= 4 is 15.7 Å². The molecular formula is C19H22N2O3S. The first-order valence-corrected chi connectivity index (χ1v) is 10.1. The molecule has 1 aliphatic heterocycles. The molecule has 0 saturated carbocycles. The van der Waals surface area contributed by atoms with Crippen LogP contribution in [0.3, 0.4) is 0 Å². The van der Waals surface area contributed by atoms with Crippen LogP contribution in [0.15, 0.2) is 60.7 Å². The number of benzene rings is 2. The Kier molecular flexibility index (Phi) is 5.20. The molecule has 1 saturated heterocycles. The summed E-state index contributed by atoms with van der Waals surface area (Å²) in [5.74, 6) is -0.822. The molecule has 0 aromatic heterocycles. The van der Waals surface area contributed by atoms with Crippen LogP contribution >= 0.6 is 0 Å². The van der Waals surface area contributed by atoms with Crippen molar-refractivity contribution in [1.82, 2.24) is 10.6 Å². The van der Waals surface area contributed by atoms with Crippen LogP contribution < -0.4 is 10.6 Å². The van der Waals surface area contributed by atoms with Crippen LogP contribution in [-0.4, -0.2) is 38.0 Å². The highest BCUT2D eigenvalue weighted by atomic mass is 32.2. The number of rotatable bonds is 4. The summed E-state index contributed by atoms with van der Waals surface area (Å²) in [6.07, 6.45) is 0. The van der Waals surface area contributed by atoms with E-state index in [4.69, 9.17) is 0 Å². The topological polar surface area (TPSA) is 75.3 Å². The summed E-state index contributed by atoms with van der Waals surface area (Å²) < 4.78 is 24.7. The summed E-state index contributed by atoms with van der Waals surface area (Å²) >= 11 is 0. The summed E-state index contributed by atoms with van der Waals surface area (Å²) in [6, 6.07) is 18.5. The summed E-state index contributed by atoms with van der Waals surface area (Å²) in [7, 11) is -3.36. The largest absolute Gasteiger partial charge is 0.337 e. The van der Waals surface area contributed by atoms with Gasteiger partial charge in [0.15, 0.2) is 9.84 Å². The average molecular weight is 358 g/mol. The Morgan fingerprint density at radius 3 is 2.04 bits per heavy atom. The number of nitrogens with one attached hydrogen (secondary N) is 2. The van der Waals surface area contributed by atoms with Gasteiger partial charge < -0.3 is 10.6 Å². The molecule has 2 atom stereocenters. The second kappa shape index (κ2) is 7.37. The Morgan fingerprint density at radius 2 is 1.56 bits per heavy atom. The molecule has 0 bridgehead atoms. The van der Waals surface area contributed by atoms with E-state index < -0.39 is 21.1 Å². The van der Waals surface area contributed by atoms with E-state index in [-0.39, 0.29) is 17.7 Å². The Labute approximate surface area is 148 Å². The SMILES string of the molecule is CC1NCCS(=O)(=O)C1NC(=O)C(c1ccccc1)c1ccccc1. The van der Waals surface area contributed by atoms with Crippen LogP contribution in [0.1, 0.15) is 24.0 Å². The minimum Gasteiger partial charge on any atom is -0.337 e. The third-order valence-electron chi connectivity index (χ3n) is 4.51. The van der Waals surface area contributed by atoms with Gasteiger partial charge in [0.05, 0.1) is 11.7 Å². The van der Waals surface area contributed by atoms with E-state index in [0.717, 1.165) is 11.1 Å². The van der Waals surface area contributed by atoms with Gasteiger partial charge in [-0.2, -0.15) is 0 Å². The Balaban J connectivity index is 1.92. The molecule has 1 fully saturated rings. The normalized spacial score (nSPS) is 22.5. The van der Waals surface area contributed by atoms with E-state index >= 15 is 0 Å². The monoisotopic (exact) mass is 358 g/mol. The zero-order chi connectivity index (χ0) is 17.9. The molecule has 2 N–H and O–H groups in total. The number of sulfone groups is 1. The van der Waals surface area contributed by atoms with Crippen molar-refractivity contribution in [3.05, 3.63) is 71.8 Å². The summed E-state index contributed by atoms with van der Waals surface area (Å²) in [5.41, 5.74) is 1.67. The number of hydrogen-bond donors (Lipinski definition) is 2. The maximum Gasteiger partial charge on any atom is 0.233 e. The molecule has 3 rings (SSSR count). The molecule has 0 radical (unpaired) electrons. The van der Waals surface area contributed by atoms with Crippen molar-refractivity contribution in [3.8, 4) is 0 Å². The predicted molar refractivity (Wildman–Crippen MR) is 97.9 cm³/mol. The first-order chi connectivity index (χ1) is 12.0. The van der Waals surface area contributed by atoms with Gasteiger partial charge in [0.25, 0.3) is 0 Å². The van der Waals surface area contributed by atoms with E-state index in [1.54, 1.807) is 6.92 Å². The minimum atomic E-state index is -3.36. The fourth-order valence-corrected chi connectivity index (χ4v) is 4.87. The molecular weight excluding hydrogens is 336 g/mol. The van der Waals surface area contributed by atoms with Crippen LogP contribution in [0, 0.1) is 0 Å². The van der Waals surface area contributed by atoms with Gasteiger partial charge in [0.2, 0.25) is 5.91 Å². The van der Waals surface area contributed by atoms with Crippen LogP contribution in [-0.2, 0) is 14.6 Å². The van der Waals surface area contributed by atoms with E-state index in [9.17, 15) is 13.2 Å². The van der Waals surface area contributed by atoms with Crippen LogP contribution in [0.5, 0.6) is 0 Å². The summed E-state index contributed by atoms with van der Waals surface area (Å²) in [6.45, 7) is 2.19. The molecule has 5 nitrogen and oxygen atoms in total. The third kappa shape index (κ3) is 3.91. The minimum absolute atomic E-state index is 0.0314. The Morgan fingerprint density at radius 1 is 1.04 bits per heavy atom. The quantitative estimate of drug-likeness (QED) is 0.872. The smallest absolute Gasteiger partial charge is 0.233 e. The Bertz CT molecular complexity index is 783. The second-order valence-electron chi connectivity index (χ2n) is 6.29. The predicted octanol–water partition coefficient (Wildman–Crippen LogP) is 1.67. The van der Waals surface area contributed by atoms with Crippen molar-refractivity contribution in [2.45, 2.75) is 24.3 Å². The first-order valence-electron chi connectivity index (χ1n) is 8.34. The van der Waals surface area contributed by atoms with Gasteiger partial charge in [-0.3, -0.25) is 4.79 Å². The molecule has 1 heterocycles. The molecule has 2 aromatic carbocycles. The highest BCUT2D eigenvalue weighted by Gasteiger charge is 2.37. The van der Waals surface area contributed by atoms with Gasteiger partial charge in [-0.05, 0) is 18.1 Å². The lowest BCUT2D eigenvalue weighted by molar-refractivity contribution is -0.122. The van der Waals surface area contributed by atoms with Crippen LogP contribution in [0.4, 0.5) is 0 Å². The van der Waals surface area contributed by atoms with Crippen molar-refractivity contribution < 1.29 is 13.2 Å². The zero-order valence-electron chi connectivity index (χ0n) is 14.1. The van der Waals surface area contributed by atoms with Gasteiger partial charge in [-0.25, -0.2) is 8.42 Å². The fourth-order valence-electron chi connectivity index (χ4n) is 3.20. The second-order valence-corrected chi connectivity index (χ2v) is 8.54. The molecule has 6 heteroatoms. The highest BCUT2D eigenvalue weighted by Crippen LogP contribution is 2.25. The van der Waals surface area contributed by atoms with E-state index in [0.29, 0.717) is 6.54 Å². The van der Waals surface area contributed by atoms with Gasteiger partial charge in [-0.15, -0.1) is 0 Å². The maximum absolute atomic E-state index is 13.0. The third-order valence-corrected chi connectivity index (χ3v) is 6.58. The van der Waals surface area contributed by atoms with Gasteiger partial charge in [-0.1, -0.05) is 60.7 Å². The Hall–Kier alpha value is -2.18. The zero-order valence-corrected chi connectivity index (χ0v) is 14.9. The standard InChI is InChI=1S/C19H22N2O3S/c1-14-19(25(23,24)13-12-20-14)21-18(22)17(15-8-4-2-5-9-15)16-10-6-3-7-11-16/h2-11,14,17,19-20H,12-13H2,1H3,(H,21,22). The molecule has 1 aliphatic rings. The maximum atomic E-state index is 13.0. The molecule has 2 unspecified atom stereocenters. The van der Waals surface area contributed by atoms with Gasteiger partial charge in [0.1, 0.15) is 5.37 Å². The summed E-state index contributed by atoms with van der Waals surface area (Å²) in [4.78, 5) is 13.0. The van der Waals surface area contributed by atoms with Gasteiger partial charge in [0, 0.05) is 12.6 Å². The summed E-state index contributed by atoms with van der Waals surface area (Å²) in [5, 5.41) is 4.97. The molecule has 0 aliphatic carbocycles. The first kappa shape index (κ1) is 17.6. The molecule has 25 heavy (non-hydrogen) atoms. The number of carbonyl (C=O) groups excluding carboxylic acids is 1. The van der Waals surface area contributed by atoms with E-state index in [1.165, 1.54) is 0 Å². The van der Waals surface area contributed by atoms with Crippen molar-refractivity contribution in [3.63, 3.8) is 0 Å². The highest BCUT2D eigenvalue weighted by molar-refractivity contribution is 7.92. The lowest BCUT2D eigenvalue weighted by Gasteiger charge is -2.31. The number of hydrogen-bond acceptors (Lipinski definition) is 4. The van der Waals surface area contributed by atoms with E-state index in [2.05, 4.69) is 10.6 Å². The van der Waals surface area contributed by atoms with Crippen molar-refractivity contribution in [2.24, 2.45) is 0 Å². The molecule has 2 aromatic rings. The fraction of sp³-hybridized carbons (Fsp3) is 0.316. The lowest BCUT2D eigenvalue weighted by Crippen LogP contribution is -2.59. The van der Waals surface area contributed by atoms with Crippen molar-refractivity contribution in [1.29, 1.82) is 0 Å². The van der Waals surface area contributed by atoms with Crippen molar-refractivity contribution in [2.75, 3.05) is 12.3 Å². The van der Waals surface area contributed by atoms with Crippen LogP contribution in [0.25, 0.3) is 0 Å². The number of carbonyl (C=O) groups is 1.